The van der Waals surface area contributed by atoms with E-state index in [1.807, 2.05) is 17.5 Å². The second-order valence-electron chi connectivity index (χ2n) is 5.38. The minimum atomic E-state index is -1.12. The van der Waals surface area contributed by atoms with Gasteiger partial charge in [0.25, 0.3) is 5.56 Å². The van der Waals surface area contributed by atoms with Gasteiger partial charge in [-0.25, -0.2) is 4.79 Å². The molecule has 2 amide bonds. The van der Waals surface area contributed by atoms with Crippen LogP contribution in [0, 0.1) is 6.92 Å². The van der Waals surface area contributed by atoms with Crippen LogP contribution in [0.3, 0.4) is 0 Å². The minimum Gasteiger partial charge on any atom is -0.383 e. The number of nitrogens with one attached hydrogen (secondary N) is 2. The molecule has 2 heterocycles. The molecular weight excluding hydrogens is 302 g/mol. The molecule has 0 fully saturated rings. The maximum Gasteiger partial charge on any atom is 0.319 e. The van der Waals surface area contributed by atoms with Crippen LogP contribution in [0.15, 0.2) is 34.6 Å². The first kappa shape index (κ1) is 16.3. The van der Waals surface area contributed by atoms with Crippen molar-refractivity contribution in [2.75, 3.05) is 11.9 Å². The van der Waals surface area contributed by atoms with E-state index in [9.17, 15) is 14.7 Å². The third-order valence-electron chi connectivity index (χ3n) is 3.33. The Kier molecular flexibility index (Phi) is 4.68. The summed E-state index contributed by atoms with van der Waals surface area (Å²) in [6.45, 7) is 3.49. The number of aryl methyl sites for hydroxylation is 2. The molecule has 0 bridgehead atoms. The number of carbonyl (C=O) groups excluding carboxylic acids is 1. The first-order chi connectivity index (χ1) is 10.3. The van der Waals surface area contributed by atoms with Crippen LogP contribution < -0.4 is 16.2 Å². The second kappa shape index (κ2) is 6.33. The SMILES string of the molecule is Cc1cc(=O)n(C)cc1NC(=O)NCC(C)(O)c1cccs1. The molecule has 2 aromatic heterocycles. The largest absolute Gasteiger partial charge is 0.383 e. The maximum absolute atomic E-state index is 12.0. The van der Waals surface area contributed by atoms with E-state index in [-0.39, 0.29) is 12.1 Å². The maximum atomic E-state index is 12.0. The van der Waals surface area contributed by atoms with Gasteiger partial charge >= 0.3 is 6.03 Å². The lowest BCUT2D eigenvalue weighted by atomic mass is 10.1. The number of aliphatic hydroxyl groups is 1. The van der Waals surface area contributed by atoms with Gasteiger partial charge in [-0.15, -0.1) is 11.3 Å². The van der Waals surface area contributed by atoms with Gasteiger partial charge in [-0.05, 0) is 30.9 Å². The smallest absolute Gasteiger partial charge is 0.319 e. The van der Waals surface area contributed by atoms with E-state index in [1.54, 1.807) is 27.1 Å². The molecule has 2 rings (SSSR count). The van der Waals surface area contributed by atoms with E-state index < -0.39 is 11.6 Å². The van der Waals surface area contributed by atoms with Crippen molar-refractivity contribution in [1.82, 2.24) is 9.88 Å². The monoisotopic (exact) mass is 321 g/mol. The Bertz CT molecular complexity index is 720. The molecule has 0 saturated heterocycles. The molecule has 6 nitrogen and oxygen atoms in total. The molecule has 1 unspecified atom stereocenters. The quantitative estimate of drug-likeness (QED) is 0.803. The highest BCUT2D eigenvalue weighted by atomic mass is 32.1. The lowest BCUT2D eigenvalue weighted by Gasteiger charge is -2.22. The summed E-state index contributed by atoms with van der Waals surface area (Å²) >= 11 is 1.43. The lowest BCUT2D eigenvalue weighted by molar-refractivity contribution is 0.0637. The van der Waals surface area contributed by atoms with Gasteiger partial charge in [0, 0.05) is 24.2 Å². The van der Waals surface area contributed by atoms with E-state index >= 15 is 0 Å². The highest BCUT2D eigenvalue weighted by molar-refractivity contribution is 7.10. The fraction of sp³-hybridized carbons (Fsp3) is 0.333. The molecule has 0 aliphatic rings. The standard InChI is InChI=1S/C15H19N3O3S/c1-10-7-13(19)18(3)8-11(10)17-14(20)16-9-15(2,21)12-5-4-6-22-12/h4-8,21H,9H2,1-3H3,(H2,16,17,20). The molecular formula is C15H19N3O3S. The number of aromatic nitrogens is 1. The van der Waals surface area contributed by atoms with Crippen LogP contribution in [-0.4, -0.2) is 22.2 Å². The number of urea groups is 1. The summed E-state index contributed by atoms with van der Waals surface area (Å²) in [4.78, 5) is 24.2. The molecule has 0 aliphatic heterocycles. The van der Waals surface area contributed by atoms with E-state index in [2.05, 4.69) is 10.6 Å². The molecule has 0 spiro atoms. The Balaban J connectivity index is 1.99. The lowest BCUT2D eigenvalue weighted by Crippen LogP contribution is -2.40. The van der Waals surface area contributed by atoms with Gasteiger partial charge in [0.15, 0.2) is 0 Å². The van der Waals surface area contributed by atoms with E-state index in [1.165, 1.54) is 22.0 Å². The molecule has 0 radical (unpaired) electrons. The molecule has 3 N–H and O–H groups in total. The molecule has 22 heavy (non-hydrogen) atoms. The molecule has 1 atom stereocenters. The highest BCUT2D eigenvalue weighted by Gasteiger charge is 2.24. The number of amides is 2. The Hall–Kier alpha value is -2.12. The van der Waals surface area contributed by atoms with Crippen LogP contribution in [0.25, 0.3) is 0 Å². The van der Waals surface area contributed by atoms with Crippen molar-refractivity contribution in [3.63, 3.8) is 0 Å². The molecule has 2 aromatic rings. The topological polar surface area (TPSA) is 83.4 Å². The summed E-state index contributed by atoms with van der Waals surface area (Å²) in [5, 5.41) is 17.5. The van der Waals surface area contributed by atoms with Crippen molar-refractivity contribution < 1.29 is 9.90 Å². The van der Waals surface area contributed by atoms with Gasteiger partial charge in [0.2, 0.25) is 0 Å². The normalized spacial score (nSPS) is 13.5. The van der Waals surface area contributed by atoms with E-state index in [0.717, 1.165) is 4.88 Å². The number of hydrogen-bond donors (Lipinski definition) is 3. The zero-order valence-corrected chi connectivity index (χ0v) is 13.5. The van der Waals surface area contributed by atoms with Crippen LogP contribution in [0.1, 0.15) is 17.4 Å². The minimum absolute atomic E-state index is 0.0875. The number of carbonyl (C=O) groups is 1. The van der Waals surface area contributed by atoms with Gasteiger partial charge in [0.1, 0.15) is 5.60 Å². The summed E-state index contributed by atoms with van der Waals surface area (Å²) < 4.78 is 1.39. The number of thiophene rings is 1. The molecule has 0 aromatic carbocycles. The third-order valence-corrected chi connectivity index (χ3v) is 4.45. The van der Waals surface area contributed by atoms with Crippen molar-refractivity contribution in [3.05, 3.63) is 50.6 Å². The van der Waals surface area contributed by atoms with E-state index in [0.29, 0.717) is 11.3 Å². The van der Waals surface area contributed by atoms with Crippen LogP contribution in [0.5, 0.6) is 0 Å². The predicted molar refractivity (Wildman–Crippen MR) is 87.3 cm³/mol. The number of hydrogen-bond acceptors (Lipinski definition) is 4. The van der Waals surface area contributed by atoms with Crippen molar-refractivity contribution >= 4 is 23.1 Å². The molecule has 0 saturated carbocycles. The predicted octanol–water partition coefficient (Wildman–Crippen LogP) is 1.78. The zero-order chi connectivity index (χ0) is 16.3. The Morgan fingerprint density at radius 3 is 2.86 bits per heavy atom. The van der Waals surface area contributed by atoms with Crippen molar-refractivity contribution in [2.24, 2.45) is 7.05 Å². The average Bonchev–Trinajstić information content (AvgIpc) is 2.98. The van der Waals surface area contributed by atoms with Crippen molar-refractivity contribution in [1.29, 1.82) is 0 Å². The van der Waals surface area contributed by atoms with Crippen LogP contribution in [0.4, 0.5) is 10.5 Å². The fourth-order valence-corrected chi connectivity index (χ4v) is 2.73. The van der Waals surface area contributed by atoms with Crippen LogP contribution in [0.2, 0.25) is 0 Å². The van der Waals surface area contributed by atoms with E-state index in [4.69, 9.17) is 0 Å². The second-order valence-corrected chi connectivity index (χ2v) is 6.33. The number of rotatable bonds is 4. The molecule has 0 aliphatic carbocycles. The summed E-state index contributed by atoms with van der Waals surface area (Å²) in [5.41, 5.74) is -0.0212. The van der Waals surface area contributed by atoms with Gasteiger partial charge in [-0.1, -0.05) is 6.07 Å². The summed E-state index contributed by atoms with van der Waals surface area (Å²) in [6, 6.07) is 4.69. The van der Waals surface area contributed by atoms with Crippen molar-refractivity contribution in [2.45, 2.75) is 19.4 Å². The summed E-state index contributed by atoms with van der Waals surface area (Å²) in [5.74, 6) is 0. The van der Waals surface area contributed by atoms with Gasteiger partial charge < -0.3 is 20.3 Å². The summed E-state index contributed by atoms with van der Waals surface area (Å²) in [6.07, 6.45) is 1.56. The average molecular weight is 321 g/mol. The number of pyridine rings is 1. The Labute approximate surface area is 132 Å². The zero-order valence-electron chi connectivity index (χ0n) is 12.7. The number of anilines is 1. The van der Waals surface area contributed by atoms with Crippen LogP contribution in [-0.2, 0) is 12.6 Å². The van der Waals surface area contributed by atoms with Gasteiger partial charge in [-0.2, -0.15) is 0 Å². The highest BCUT2D eigenvalue weighted by Crippen LogP contribution is 2.24. The summed E-state index contributed by atoms with van der Waals surface area (Å²) in [7, 11) is 1.62. The molecule has 7 heteroatoms. The Morgan fingerprint density at radius 1 is 1.50 bits per heavy atom. The molecule has 118 valence electrons. The first-order valence-corrected chi connectivity index (χ1v) is 7.66. The van der Waals surface area contributed by atoms with Gasteiger partial charge in [-0.3, -0.25) is 4.79 Å². The van der Waals surface area contributed by atoms with Gasteiger partial charge in [0.05, 0.1) is 12.2 Å². The number of nitrogens with zero attached hydrogens (tertiary/aromatic N) is 1. The Morgan fingerprint density at radius 2 is 2.23 bits per heavy atom. The van der Waals surface area contributed by atoms with Crippen molar-refractivity contribution in [3.8, 4) is 0 Å². The van der Waals surface area contributed by atoms with Crippen LogP contribution >= 0.6 is 11.3 Å². The fourth-order valence-electron chi connectivity index (χ4n) is 1.95. The first-order valence-electron chi connectivity index (χ1n) is 6.78. The third kappa shape index (κ3) is 3.75.